The molecular formula is C24H35N3O4. The van der Waals surface area contributed by atoms with Crippen molar-refractivity contribution in [2.45, 2.75) is 75.6 Å². The molecule has 31 heavy (non-hydrogen) atoms. The monoisotopic (exact) mass is 429 g/mol. The van der Waals surface area contributed by atoms with Gasteiger partial charge in [0.1, 0.15) is 6.61 Å². The molecule has 2 N–H and O–H groups in total. The van der Waals surface area contributed by atoms with Crippen LogP contribution < -0.4 is 10.6 Å². The van der Waals surface area contributed by atoms with Gasteiger partial charge < -0.3 is 25.0 Å². The third-order valence-corrected chi connectivity index (χ3v) is 7.09. The van der Waals surface area contributed by atoms with E-state index in [2.05, 4.69) is 41.0 Å². The van der Waals surface area contributed by atoms with Crippen molar-refractivity contribution in [3.63, 3.8) is 0 Å². The molecule has 170 valence electrons. The number of urea groups is 1. The maximum absolute atomic E-state index is 12.8. The summed E-state index contributed by atoms with van der Waals surface area (Å²) < 4.78 is 12.0. The third-order valence-electron chi connectivity index (χ3n) is 7.09. The Morgan fingerprint density at radius 1 is 1.26 bits per heavy atom. The lowest BCUT2D eigenvalue weighted by Crippen LogP contribution is -2.65. The Balaban J connectivity index is 1.41. The lowest BCUT2D eigenvalue weighted by molar-refractivity contribution is -0.137. The summed E-state index contributed by atoms with van der Waals surface area (Å²) in [5.74, 6) is 0.473. The van der Waals surface area contributed by atoms with Crippen LogP contribution in [0.2, 0.25) is 0 Å². The summed E-state index contributed by atoms with van der Waals surface area (Å²) in [7, 11) is 0. The molecule has 1 spiro atoms. The number of hydrogen-bond acceptors (Lipinski definition) is 4. The maximum atomic E-state index is 12.8. The molecule has 1 aromatic rings. The first kappa shape index (κ1) is 22.1. The van der Waals surface area contributed by atoms with E-state index in [9.17, 15) is 9.59 Å². The van der Waals surface area contributed by atoms with Gasteiger partial charge in [-0.2, -0.15) is 0 Å². The van der Waals surface area contributed by atoms with E-state index in [4.69, 9.17) is 9.47 Å². The number of nitrogens with one attached hydrogen (secondary N) is 2. The number of carbonyl (C=O) groups excluding carboxylic acids is 2. The minimum Gasteiger partial charge on any atom is -0.376 e. The number of morpholine rings is 1. The van der Waals surface area contributed by atoms with Crippen LogP contribution in [0.1, 0.15) is 57.4 Å². The molecular weight excluding hydrogens is 394 g/mol. The lowest BCUT2D eigenvalue weighted by Gasteiger charge is -2.41. The van der Waals surface area contributed by atoms with Crippen molar-refractivity contribution in [1.29, 1.82) is 0 Å². The summed E-state index contributed by atoms with van der Waals surface area (Å²) in [5, 5.41) is 6.07. The third kappa shape index (κ3) is 4.72. The highest BCUT2D eigenvalue weighted by molar-refractivity contribution is 5.80. The van der Waals surface area contributed by atoms with Gasteiger partial charge in [-0.05, 0) is 57.4 Å². The first-order valence-electron chi connectivity index (χ1n) is 11.6. The Bertz CT molecular complexity index is 765. The summed E-state index contributed by atoms with van der Waals surface area (Å²) in [4.78, 5) is 26.8. The Labute approximate surface area is 184 Å². The van der Waals surface area contributed by atoms with Crippen LogP contribution in [0.3, 0.4) is 0 Å². The minimum atomic E-state index is -0.582. The number of benzene rings is 1. The lowest BCUT2D eigenvalue weighted by atomic mass is 9.82. The molecule has 0 radical (unpaired) electrons. The van der Waals surface area contributed by atoms with Gasteiger partial charge in [0.2, 0.25) is 5.91 Å². The van der Waals surface area contributed by atoms with E-state index >= 15 is 0 Å². The number of rotatable bonds is 5. The highest BCUT2D eigenvalue weighted by atomic mass is 16.5. The maximum Gasteiger partial charge on any atom is 0.318 e. The zero-order valence-corrected chi connectivity index (χ0v) is 18.6. The van der Waals surface area contributed by atoms with Gasteiger partial charge >= 0.3 is 6.03 Å². The van der Waals surface area contributed by atoms with Gasteiger partial charge in [-0.25, -0.2) is 4.79 Å². The predicted molar refractivity (Wildman–Crippen MR) is 118 cm³/mol. The standard InChI is InChI=1S/C24H35N3O4/c1-3-25-23(29)27-17(2)13-24(16-30-15-22(28)26-24)21(27)14-31-20-11-9-19(10-12-20)18-7-5-4-6-8-18/h4-8,17,19-21H,3,9-16H2,1-2H3,(H,25,29)(H,26,28)/t17-,19-,20+,21+,24-/m1/s1. The number of ether oxygens (including phenoxy) is 2. The molecule has 7 nitrogen and oxygen atoms in total. The Hall–Kier alpha value is -2.12. The number of amides is 3. The van der Waals surface area contributed by atoms with Crippen molar-refractivity contribution in [3.8, 4) is 0 Å². The average Bonchev–Trinajstić information content (AvgIpc) is 3.03. The van der Waals surface area contributed by atoms with Crippen molar-refractivity contribution >= 4 is 11.9 Å². The molecule has 0 unspecified atom stereocenters. The van der Waals surface area contributed by atoms with E-state index in [-0.39, 0.29) is 36.7 Å². The van der Waals surface area contributed by atoms with Crippen molar-refractivity contribution in [2.75, 3.05) is 26.4 Å². The van der Waals surface area contributed by atoms with Crippen LogP contribution in [0.25, 0.3) is 0 Å². The molecule has 0 aromatic heterocycles. The zero-order valence-electron chi connectivity index (χ0n) is 18.6. The minimum absolute atomic E-state index is 0.00373. The van der Waals surface area contributed by atoms with Gasteiger partial charge in [-0.1, -0.05) is 30.3 Å². The molecule has 2 aliphatic heterocycles. The molecule has 1 saturated carbocycles. The highest BCUT2D eigenvalue weighted by Gasteiger charge is 2.55. The van der Waals surface area contributed by atoms with Crippen LogP contribution in [0, 0.1) is 0 Å². The van der Waals surface area contributed by atoms with Gasteiger partial charge in [0.25, 0.3) is 0 Å². The fraction of sp³-hybridized carbons (Fsp3) is 0.667. The first-order valence-corrected chi connectivity index (χ1v) is 11.6. The second-order valence-electron chi connectivity index (χ2n) is 9.23. The van der Waals surface area contributed by atoms with Crippen molar-refractivity contribution in [1.82, 2.24) is 15.5 Å². The van der Waals surface area contributed by atoms with Gasteiger partial charge in [-0.15, -0.1) is 0 Å². The Morgan fingerprint density at radius 3 is 2.68 bits per heavy atom. The average molecular weight is 430 g/mol. The first-order chi connectivity index (χ1) is 15.0. The largest absolute Gasteiger partial charge is 0.376 e. The van der Waals surface area contributed by atoms with E-state index in [0.29, 0.717) is 32.1 Å². The smallest absolute Gasteiger partial charge is 0.318 e. The number of likely N-dealkylation sites (tertiary alicyclic amines) is 1. The number of nitrogens with zero attached hydrogens (tertiary/aromatic N) is 1. The summed E-state index contributed by atoms with van der Waals surface area (Å²) in [6.45, 7) is 5.41. The molecule has 3 aliphatic rings. The van der Waals surface area contributed by atoms with Gasteiger partial charge in [0.05, 0.1) is 30.9 Å². The summed E-state index contributed by atoms with van der Waals surface area (Å²) in [6.07, 6.45) is 5.10. The number of hydrogen-bond donors (Lipinski definition) is 2. The van der Waals surface area contributed by atoms with Crippen molar-refractivity contribution in [2.24, 2.45) is 0 Å². The van der Waals surface area contributed by atoms with E-state index in [1.165, 1.54) is 5.56 Å². The molecule has 1 aliphatic carbocycles. The quantitative estimate of drug-likeness (QED) is 0.754. The molecule has 0 bridgehead atoms. The Morgan fingerprint density at radius 2 is 2.00 bits per heavy atom. The van der Waals surface area contributed by atoms with Crippen LogP contribution in [0.15, 0.2) is 30.3 Å². The molecule has 3 amide bonds. The van der Waals surface area contributed by atoms with Gasteiger partial charge in [0, 0.05) is 12.6 Å². The van der Waals surface area contributed by atoms with E-state index in [1.807, 2.05) is 18.7 Å². The van der Waals surface area contributed by atoms with Crippen LogP contribution >= 0.6 is 0 Å². The van der Waals surface area contributed by atoms with Crippen LogP contribution in [0.4, 0.5) is 4.79 Å². The second-order valence-corrected chi connectivity index (χ2v) is 9.23. The van der Waals surface area contributed by atoms with E-state index in [0.717, 1.165) is 25.7 Å². The van der Waals surface area contributed by atoms with Crippen molar-refractivity contribution in [3.05, 3.63) is 35.9 Å². The molecule has 3 fully saturated rings. The predicted octanol–water partition coefficient (Wildman–Crippen LogP) is 2.81. The molecule has 7 heteroatoms. The van der Waals surface area contributed by atoms with E-state index < -0.39 is 5.54 Å². The van der Waals surface area contributed by atoms with Gasteiger partial charge in [-0.3, -0.25) is 4.79 Å². The van der Waals surface area contributed by atoms with Gasteiger partial charge in [0.15, 0.2) is 0 Å². The van der Waals surface area contributed by atoms with Crippen LogP contribution in [-0.2, 0) is 14.3 Å². The molecule has 4 rings (SSSR count). The zero-order chi connectivity index (χ0) is 21.8. The summed E-state index contributed by atoms with van der Waals surface area (Å²) >= 11 is 0. The molecule has 2 heterocycles. The normalized spacial score (nSPS) is 33.4. The fourth-order valence-electron chi connectivity index (χ4n) is 5.64. The number of carbonyl (C=O) groups is 2. The van der Waals surface area contributed by atoms with Crippen molar-refractivity contribution < 1.29 is 19.1 Å². The molecule has 3 atom stereocenters. The summed E-state index contributed by atoms with van der Waals surface area (Å²) in [5.41, 5.74) is 0.829. The van der Waals surface area contributed by atoms with Crippen LogP contribution in [-0.4, -0.2) is 66.9 Å². The highest BCUT2D eigenvalue weighted by Crippen LogP contribution is 2.38. The molecule has 2 saturated heterocycles. The van der Waals surface area contributed by atoms with E-state index in [1.54, 1.807) is 0 Å². The second kappa shape index (κ2) is 9.57. The molecule has 1 aromatic carbocycles. The SMILES string of the molecule is CCNC(=O)N1[C@H](C)C[C@@]2(COCC(=O)N2)[C@@H]1CO[C@H]1CC[C@@H](c2ccccc2)CC1. The topological polar surface area (TPSA) is 79.9 Å². The van der Waals surface area contributed by atoms with Crippen LogP contribution in [0.5, 0.6) is 0 Å². The fourth-order valence-corrected chi connectivity index (χ4v) is 5.64. The Kier molecular flexibility index (Phi) is 6.82. The summed E-state index contributed by atoms with van der Waals surface area (Å²) in [6, 6.07) is 10.3.